The van der Waals surface area contributed by atoms with Crippen molar-refractivity contribution in [3.63, 3.8) is 0 Å². The normalized spacial score (nSPS) is 12.5. The Morgan fingerprint density at radius 2 is 2.00 bits per heavy atom. The molecule has 1 atom stereocenters. The third-order valence-electron chi connectivity index (χ3n) is 2.73. The molecule has 0 heterocycles. The molecule has 0 aliphatic carbocycles. The monoisotopic (exact) mass is 234 g/mol. The van der Waals surface area contributed by atoms with Gasteiger partial charge in [0.1, 0.15) is 0 Å². The summed E-state index contributed by atoms with van der Waals surface area (Å²) in [6, 6.07) is 10.4. The van der Waals surface area contributed by atoms with Crippen molar-refractivity contribution in [2.24, 2.45) is 0 Å². The Hall–Kier alpha value is -1.35. The molecule has 0 aromatic heterocycles. The molecule has 0 spiro atoms. The zero-order valence-electron chi connectivity index (χ0n) is 10.9. The van der Waals surface area contributed by atoms with E-state index in [4.69, 9.17) is 0 Å². The fraction of sp³-hybridized carbons (Fsp3) is 0.500. The van der Waals surface area contributed by atoms with Gasteiger partial charge in [0.05, 0.1) is 6.54 Å². The number of amides is 1. The molecule has 17 heavy (non-hydrogen) atoms. The number of carbonyl (C=O) groups excluding carboxylic acids is 1. The van der Waals surface area contributed by atoms with Gasteiger partial charge in [-0.1, -0.05) is 37.3 Å². The molecule has 1 amide bonds. The average Bonchev–Trinajstić information content (AvgIpc) is 2.29. The second-order valence-corrected chi connectivity index (χ2v) is 4.53. The Labute approximate surface area is 104 Å². The van der Waals surface area contributed by atoms with Crippen molar-refractivity contribution >= 4 is 5.91 Å². The lowest BCUT2D eigenvalue weighted by Crippen LogP contribution is -2.39. The summed E-state index contributed by atoms with van der Waals surface area (Å²) in [5, 5.41) is 2.97. The van der Waals surface area contributed by atoms with Crippen LogP contribution in [0.5, 0.6) is 0 Å². The third kappa shape index (κ3) is 5.50. The first-order valence-electron chi connectivity index (χ1n) is 6.13. The van der Waals surface area contributed by atoms with Crippen LogP contribution in [0.3, 0.4) is 0 Å². The first-order valence-corrected chi connectivity index (χ1v) is 6.13. The summed E-state index contributed by atoms with van der Waals surface area (Å²) in [6.45, 7) is 5.34. The SMILES string of the molecule is CCC(C)NC(=O)CN(C)Cc1ccccc1. The van der Waals surface area contributed by atoms with Crippen molar-refractivity contribution in [1.82, 2.24) is 10.2 Å². The molecule has 1 aromatic rings. The van der Waals surface area contributed by atoms with E-state index in [9.17, 15) is 4.79 Å². The molecular formula is C14H22N2O. The summed E-state index contributed by atoms with van der Waals surface area (Å²) in [5.74, 6) is 0.0952. The van der Waals surface area contributed by atoms with E-state index in [-0.39, 0.29) is 11.9 Å². The van der Waals surface area contributed by atoms with Gasteiger partial charge in [-0.15, -0.1) is 0 Å². The van der Waals surface area contributed by atoms with Crippen LogP contribution in [0.15, 0.2) is 30.3 Å². The zero-order valence-corrected chi connectivity index (χ0v) is 10.9. The maximum absolute atomic E-state index is 11.7. The van der Waals surface area contributed by atoms with Gasteiger partial charge in [0.2, 0.25) is 5.91 Å². The molecule has 3 nitrogen and oxygen atoms in total. The van der Waals surface area contributed by atoms with E-state index < -0.39 is 0 Å². The first-order chi connectivity index (χ1) is 8.11. The smallest absolute Gasteiger partial charge is 0.234 e. The molecule has 94 valence electrons. The van der Waals surface area contributed by atoms with Gasteiger partial charge in [-0.2, -0.15) is 0 Å². The highest BCUT2D eigenvalue weighted by Gasteiger charge is 2.08. The molecule has 1 unspecified atom stereocenters. The molecule has 0 fully saturated rings. The number of benzene rings is 1. The van der Waals surface area contributed by atoms with E-state index in [1.165, 1.54) is 5.56 Å². The van der Waals surface area contributed by atoms with Crippen LogP contribution in [0.2, 0.25) is 0 Å². The van der Waals surface area contributed by atoms with Crippen LogP contribution in [0.1, 0.15) is 25.8 Å². The molecule has 0 aliphatic heterocycles. The van der Waals surface area contributed by atoms with Gasteiger partial charge in [-0.05, 0) is 26.0 Å². The average molecular weight is 234 g/mol. The van der Waals surface area contributed by atoms with Gasteiger partial charge in [0, 0.05) is 12.6 Å². The van der Waals surface area contributed by atoms with Crippen molar-refractivity contribution in [2.75, 3.05) is 13.6 Å². The van der Waals surface area contributed by atoms with E-state index in [2.05, 4.69) is 24.4 Å². The molecule has 1 aromatic carbocycles. The molecule has 3 heteroatoms. The number of hydrogen-bond acceptors (Lipinski definition) is 2. The van der Waals surface area contributed by atoms with E-state index in [0.29, 0.717) is 6.54 Å². The summed E-state index contributed by atoms with van der Waals surface area (Å²) in [5.41, 5.74) is 1.23. The lowest BCUT2D eigenvalue weighted by Gasteiger charge is -2.18. The van der Waals surface area contributed by atoms with Crippen LogP contribution < -0.4 is 5.32 Å². The van der Waals surface area contributed by atoms with Gasteiger partial charge < -0.3 is 5.32 Å². The summed E-state index contributed by atoms with van der Waals surface area (Å²) in [4.78, 5) is 13.7. The van der Waals surface area contributed by atoms with E-state index in [1.807, 2.05) is 37.1 Å². The number of nitrogens with zero attached hydrogens (tertiary/aromatic N) is 1. The molecule has 0 bridgehead atoms. The van der Waals surface area contributed by atoms with Gasteiger partial charge in [0.15, 0.2) is 0 Å². The summed E-state index contributed by atoms with van der Waals surface area (Å²) < 4.78 is 0. The minimum absolute atomic E-state index is 0.0952. The van der Waals surface area contributed by atoms with Crippen molar-refractivity contribution in [1.29, 1.82) is 0 Å². The van der Waals surface area contributed by atoms with Gasteiger partial charge in [-0.3, -0.25) is 9.69 Å². The predicted molar refractivity (Wildman–Crippen MR) is 70.7 cm³/mol. The van der Waals surface area contributed by atoms with Crippen LogP contribution in [-0.4, -0.2) is 30.4 Å². The second kappa shape index (κ2) is 7.07. The molecule has 0 saturated heterocycles. The summed E-state index contributed by atoms with van der Waals surface area (Å²) in [7, 11) is 1.96. The Morgan fingerprint density at radius 3 is 2.59 bits per heavy atom. The Bertz CT molecular complexity index is 337. The van der Waals surface area contributed by atoms with Crippen LogP contribution in [0.25, 0.3) is 0 Å². The summed E-state index contributed by atoms with van der Waals surface area (Å²) >= 11 is 0. The predicted octanol–water partition coefficient (Wildman–Crippen LogP) is 2.03. The minimum atomic E-state index is 0.0952. The van der Waals surface area contributed by atoms with Gasteiger partial charge in [-0.25, -0.2) is 0 Å². The highest BCUT2D eigenvalue weighted by molar-refractivity contribution is 5.78. The lowest BCUT2D eigenvalue weighted by atomic mass is 10.2. The Kier molecular flexibility index (Phi) is 5.70. The maximum Gasteiger partial charge on any atom is 0.234 e. The Balaban J connectivity index is 2.34. The summed E-state index contributed by atoms with van der Waals surface area (Å²) in [6.07, 6.45) is 0.966. The highest BCUT2D eigenvalue weighted by atomic mass is 16.2. The minimum Gasteiger partial charge on any atom is -0.353 e. The molecule has 0 saturated carbocycles. The number of nitrogens with one attached hydrogen (secondary N) is 1. The topological polar surface area (TPSA) is 32.3 Å². The third-order valence-corrected chi connectivity index (χ3v) is 2.73. The number of likely N-dealkylation sites (N-methyl/N-ethyl adjacent to an activating group) is 1. The standard InChI is InChI=1S/C14H22N2O/c1-4-12(2)15-14(17)11-16(3)10-13-8-6-5-7-9-13/h5-9,12H,4,10-11H2,1-3H3,(H,15,17). The van der Waals surface area contributed by atoms with Crippen molar-refractivity contribution in [3.8, 4) is 0 Å². The molecular weight excluding hydrogens is 212 g/mol. The van der Waals surface area contributed by atoms with E-state index >= 15 is 0 Å². The molecule has 1 rings (SSSR count). The lowest BCUT2D eigenvalue weighted by molar-refractivity contribution is -0.122. The largest absolute Gasteiger partial charge is 0.353 e. The molecule has 0 radical (unpaired) electrons. The van der Waals surface area contributed by atoms with Crippen LogP contribution >= 0.6 is 0 Å². The first kappa shape index (κ1) is 13.7. The van der Waals surface area contributed by atoms with Crippen molar-refractivity contribution < 1.29 is 4.79 Å². The molecule has 1 N–H and O–H groups in total. The van der Waals surface area contributed by atoms with Crippen LogP contribution in [0.4, 0.5) is 0 Å². The second-order valence-electron chi connectivity index (χ2n) is 4.53. The fourth-order valence-electron chi connectivity index (χ4n) is 1.62. The fourth-order valence-corrected chi connectivity index (χ4v) is 1.62. The molecule has 0 aliphatic rings. The van der Waals surface area contributed by atoms with Crippen LogP contribution in [0, 0.1) is 0 Å². The zero-order chi connectivity index (χ0) is 12.7. The number of carbonyl (C=O) groups is 1. The van der Waals surface area contributed by atoms with Crippen LogP contribution in [-0.2, 0) is 11.3 Å². The van der Waals surface area contributed by atoms with E-state index in [0.717, 1.165) is 13.0 Å². The Morgan fingerprint density at radius 1 is 1.35 bits per heavy atom. The highest BCUT2D eigenvalue weighted by Crippen LogP contribution is 2.02. The van der Waals surface area contributed by atoms with Crippen molar-refractivity contribution in [3.05, 3.63) is 35.9 Å². The quantitative estimate of drug-likeness (QED) is 0.817. The maximum atomic E-state index is 11.7. The van der Waals surface area contributed by atoms with E-state index in [1.54, 1.807) is 0 Å². The number of rotatable bonds is 6. The van der Waals surface area contributed by atoms with Gasteiger partial charge >= 0.3 is 0 Å². The van der Waals surface area contributed by atoms with Gasteiger partial charge in [0.25, 0.3) is 0 Å². The number of hydrogen-bond donors (Lipinski definition) is 1. The van der Waals surface area contributed by atoms with Crippen molar-refractivity contribution in [2.45, 2.75) is 32.9 Å².